The lowest BCUT2D eigenvalue weighted by molar-refractivity contribution is -0.117. The Bertz CT molecular complexity index is 1040. The first-order chi connectivity index (χ1) is 13.3. The summed E-state index contributed by atoms with van der Waals surface area (Å²) >= 11 is 0. The van der Waals surface area contributed by atoms with Gasteiger partial charge in [0.2, 0.25) is 5.91 Å². The van der Waals surface area contributed by atoms with Crippen LogP contribution in [0, 0.1) is 27.7 Å². The smallest absolute Gasteiger partial charge is 0.278 e. The Balaban J connectivity index is 1.69. The zero-order valence-corrected chi connectivity index (χ0v) is 16.4. The van der Waals surface area contributed by atoms with Gasteiger partial charge in [-0.2, -0.15) is 0 Å². The number of hydrogen-bond acceptors (Lipinski definition) is 4. The summed E-state index contributed by atoms with van der Waals surface area (Å²) in [7, 11) is 0. The fraction of sp³-hybridized carbons (Fsp3) is 0.238. The zero-order valence-electron chi connectivity index (χ0n) is 16.4. The molecule has 0 atom stereocenters. The Morgan fingerprint density at radius 2 is 1.71 bits per heavy atom. The normalized spacial score (nSPS) is 10.6. The van der Waals surface area contributed by atoms with E-state index in [1.54, 1.807) is 6.92 Å². The number of nitrogens with zero attached hydrogens (tertiary/aromatic N) is 3. The van der Waals surface area contributed by atoms with Crippen molar-refractivity contribution in [3.63, 3.8) is 0 Å². The molecule has 2 N–H and O–H groups in total. The third-order valence-corrected chi connectivity index (χ3v) is 4.42. The van der Waals surface area contributed by atoms with Gasteiger partial charge in [-0.15, -0.1) is 5.10 Å². The third-order valence-electron chi connectivity index (χ3n) is 4.42. The van der Waals surface area contributed by atoms with Gasteiger partial charge >= 0.3 is 0 Å². The number of anilines is 2. The molecule has 0 bridgehead atoms. The van der Waals surface area contributed by atoms with Gasteiger partial charge in [-0.25, -0.2) is 4.68 Å². The Kier molecular flexibility index (Phi) is 5.54. The molecule has 1 heterocycles. The summed E-state index contributed by atoms with van der Waals surface area (Å²) in [6.07, 6.45) is 0. The van der Waals surface area contributed by atoms with Crippen molar-refractivity contribution in [3.05, 3.63) is 70.5 Å². The highest BCUT2D eigenvalue weighted by Crippen LogP contribution is 2.17. The van der Waals surface area contributed by atoms with Gasteiger partial charge in [0.1, 0.15) is 6.54 Å². The summed E-state index contributed by atoms with van der Waals surface area (Å²) in [5.74, 6) is -0.588. The van der Waals surface area contributed by atoms with Crippen LogP contribution in [0.15, 0.2) is 42.5 Å². The van der Waals surface area contributed by atoms with Crippen molar-refractivity contribution in [1.29, 1.82) is 0 Å². The molecule has 7 nitrogen and oxygen atoms in total. The van der Waals surface area contributed by atoms with E-state index in [1.807, 2.05) is 63.2 Å². The number of nitrogens with one attached hydrogen (secondary N) is 2. The topological polar surface area (TPSA) is 88.9 Å². The van der Waals surface area contributed by atoms with Crippen LogP contribution in [0.1, 0.15) is 32.9 Å². The van der Waals surface area contributed by atoms with Crippen LogP contribution < -0.4 is 10.6 Å². The van der Waals surface area contributed by atoms with Gasteiger partial charge in [0.05, 0.1) is 5.69 Å². The number of carbonyl (C=O) groups is 2. The largest absolute Gasteiger partial charge is 0.324 e. The molecule has 0 unspecified atom stereocenters. The van der Waals surface area contributed by atoms with E-state index in [1.165, 1.54) is 4.68 Å². The number of aryl methyl sites for hydroxylation is 3. The summed E-state index contributed by atoms with van der Waals surface area (Å²) in [5.41, 5.74) is 5.32. The average Bonchev–Trinajstić information content (AvgIpc) is 2.98. The Hall–Kier alpha value is -3.48. The molecule has 7 heteroatoms. The van der Waals surface area contributed by atoms with Crippen molar-refractivity contribution in [1.82, 2.24) is 15.0 Å². The molecule has 0 saturated heterocycles. The summed E-state index contributed by atoms with van der Waals surface area (Å²) in [6, 6.07) is 13.3. The minimum Gasteiger partial charge on any atom is -0.324 e. The van der Waals surface area contributed by atoms with E-state index in [-0.39, 0.29) is 24.1 Å². The summed E-state index contributed by atoms with van der Waals surface area (Å²) in [4.78, 5) is 24.9. The minimum atomic E-state index is -0.352. The lowest BCUT2D eigenvalue weighted by atomic mass is 10.1. The number of rotatable bonds is 5. The van der Waals surface area contributed by atoms with Crippen molar-refractivity contribution < 1.29 is 9.59 Å². The van der Waals surface area contributed by atoms with Crippen LogP contribution in [0.3, 0.4) is 0 Å². The van der Waals surface area contributed by atoms with E-state index < -0.39 is 0 Å². The van der Waals surface area contributed by atoms with Crippen LogP contribution in [-0.4, -0.2) is 26.8 Å². The van der Waals surface area contributed by atoms with Gasteiger partial charge in [0, 0.05) is 11.4 Å². The highest BCUT2D eigenvalue weighted by Gasteiger charge is 2.18. The Morgan fingerprint density at radius 1 is 0.964 bits per heavy atom. The first-order valence-corrected chi connectivity index (χ1v) is 8.98. The molecule has 0 fully saturated rings. The number of benzene rings is 2. The van der Waals surface area contributed by atoms with E-state index in [2.05, 4.69) is 20.9 Å². The molecule has 2 aromatic carbocycles. The fourth-order valence-corrected chi connectivity index (χ4v) is 2.92. The zero-order chi connectivity index (χ0) is 20.3. The highest BCUT2D eigenvalue weighted by molar-refractivity contribution is 6.04. The molecule has 0 aliphatic heterocycles. The molecular weight excluding hydrogens is 354 g/mol. The van der Waals surface area contributed by atoms with E-state index in [9.17, 15) is 9.59 Å². The predicted molar refractivity (Wildman–Crippen MR) is 108 cm³/mol. The minimum absolute atomic E-state index is 0.0242. The van der Waals surface area contributed by atoms with Crippen LogP contribution in [0.25, 0.3) is 0 Å². The van der Waals surface area contributed by atoms with Crippen molar-refractivity contribution in [2.24, 2.45) is 0 Å². The summed E-state index contributed by atoms with van der Waals surface area (Å²) in [5, 5.41) is 13.6. The van der Waals surface area contributed by atoms with E-state index in [0.717, 1.165) is 28.1 Å². The van der Waals surface area contributed by atoms with Gasteiger partial charge in [-0.3, -0.25) is 9.59 Å². The molecule has 3 aromatic rings. The van der Waals surface area contributed by atoms with Crippen LogP contribution >= 0.6 is 0 Å². The molecule has 0 saturated carbocycles. The van der Waals surface area contributed by atoms with E-state index in [4.69, 9.17) is 0 Å². The lowest BCUT2D eigenvalue weighted by Gasteiger charge is -2.09. The maximum absolute atomic E-state index is 12.6. The lowest BCUT2D eigenvalue weighted by Crippen LogP contribution is -2.21. The summed E-state index contributed by atoms with van der Waals surface area (Å²) < 4.78 is 1.42. The maximum Gasteiger partial charge on any atom is 0.278 e. The van der Waals surface area contributed by atoms with Crippen LogP contribution in [-0.2, 0) is 11.3 Å². The van der Waals surface area contributed by atoms with Crippen molar-refractivity contribution in [2.45, 2.75) is 34.2 Å². The second-order valence-corrected chi connectivity index (χ2v) is 6.87. The molecule has 1 aromatic heterocycles. The van der Waals surface area contributed by atoms with Crippen molar-refractivity contribution in [3.8, 4) is 0 Å². The third kappa shape index (κ3) is 4.43. The maximum atomic E-state index is 12.6. The Morgan fingerprint density at radius 3 is 2.43 bits per heavy atom. The quantitative estimate of drug-likeness (QED) is 0.713. The van der Waals surface area contributed by atoms with Crippen molar-refractivity contribution in [2.75, 3.05) is 10.6 Å². The number of carbonyl (C=O) groups excluding carboxylic acids is 2. The molecule has 0 radical (unpaired) electrons. The van der Waals surface area contributed by atoms with Gasteiger partial charge in [-0.05, 0) is 57.0 Å². The van der Waals surface area contributed by atoms with E-state index in [0.29, 0.717) is 5.69 Å². The molecule has 0 spiro atoms. The number of amides is 2. The van der Waals surface area contributed by atoms with Crippen LogP contribution in [0.2, 0.25) is 0 Å². The highest BCUT2D eigenvalue weighted by atomic mass is 16.2. The summed E-state index contributed by atoms with van der Waals surface area (Å²) in [6.45, 7) is 7.58. The van der Waals surface area contributed by atoms with Crippen LogP contribution in [0.4, 0.5) is 11.4 Å². The van der Waals surface area contributed by atoms with Gasteiger partial charge in [0.25, 0.3) is 5.91 Å². The van der Waals surface area contributed by atoms with E-state index >= 15 is 0 Å². The molecule has 0 aliphatic rings. The fourth-order valence-electron chi connectivity index (χ4n) is 2.92. The molecular formula is C21H23N5O2. The van der Waals surface area contributed by atoms with Gasteiger partial charge < -0.3 is 10.6 Å². The van der Waals surface area contributed by atoms with Gasteiger partial charge in [0.15, 0.2) is 5.69 Å². The monoisotopic (exact) mass is 377 g/mol. The molecule has 144 valence electrons. The number of hydrogen-bond donors (Lipinski definition) is 2. The Labute approximate surface area is 163 Å². The SMILES string of the molecule is Cc1cccc(NC(=O)Cn2nnc(C(=O)Nc3ccc(C)cc3C)c2C)c1. The molecule has 2 amide bonds. The average molecular weight is 377 g/mol. The molecule has 28 heavy (non-hydrogen) atoms. The van der Waals surface area contributed by atoms with Gasteiger partial charge in [-0.1, -0.05) is 35.0 Å². The van der Waals surface area contributed by atoms with Crippen LogP contribution in [0.5, 0.6) is 0 Å². The predicted octanol–water partition coefficient (Wildman–Crippen LogP) is 3.40. The first-order valence-electron chi connectivity index (χ1n) is 8.98. The first kappa shape index (κ1) is 19.3. The molecule has 3 rings (SSSR count). The number of aromatic nitrogens is 3. The standard InChI is InChI=1S/C21H23N5O2/c1-13-6-5-7-17(11-13)22-19(27)12-26-16(4)20(24-25-26)21(28)23-18-9-8-14(2)10-15(18)3/h5-11H,12H2,1-4H3,(H,22,27)(H,23,28). The second kappa shape index (κ2) is 8.04. The van der Waals surface area contributed by atoms with Crippen molar-refractivity contribution >= 4 is 23.2 Å². The molecule has 0 aliphatic carbocycles. The second-order valence-electron chi connectivity index (χ2n) is 6.87.